The fourth-order valence-corrected chi connectivity index (χ4v) is 1.32. The minimum Gasteiger partial charge on any atom is -0.477 e. The second-order valence-electron chi connectivity index (χ2n) is 2.19. The van der Waals surface area contributed by atoms with Crippen molar-refractivity contribution in [2.45, 2.75) is 6.92 Å². The lowest BCUT2D eigenvalue weighted by Crippen LogP contribution is -2.06. The lowest BCUT2D eigenvalue weighted by atomic mass is 10.3. The van der Waals surface area contributed by atoms with E-state index in [2.05, 4.69) is 21.0 Å². The molecule has 0 aliphatic carbocycles. The zero-order chi connectivity index (χ0) is 8.59. The first-order valence-electron chi connectivity index (χ1n) is 2.96. The van der Waals surface area contributed by atoms with E-state index in [1.165, 1.54) is 4.68 Å². The molecule has 0 fully saturated rings. The average molecular weight is 219 g/mol. The third-order valence-corrected chi connectivity index (χ3v) is 2.18. The van der Waals surface area contributed by atoms with Crippen LogP contribution >= 0.6 is 15.9 Å². The number of carboxylic acid groups (broad SMARTS) is 1. The van der Waals surface area contributed by atoms with Gasteiger partial charge in [-0.25, -0.2) is 4.79 Å². The van der Waals surface area contributed by atoms with Crippen molar-refractivity contribution in [3.63, 3.8) is 0 Å². The van der Waals surface area contributed by atoms with E-state index in [4.69, 9.17) is 5.11 Å². The number of hydrogen-bond donors (Lipinski definition) is 1. The van der Waals surface area contributed by atoms with Crippen LogP contribution in [0.5, 0.6) is 0 Å². The monoisotopic (exact) mass is 218 g/mol. The SMILES string of the molecule is Cc1c(Br)nn(C)c1C(=O)O. The van der Waals surface area contributed by atoms with Gasteiger partial charge in [0.15, 0.2) is 0 Å². The van der Waals surface area contributed by atoms with Crippen molar-refractivity contribution in [3.8, 4) is 0 Å². The molecule has 0 radical (unpaired) electrons. The van der Waals surface area contributed by atoms with Gasteiger partial charge in [-0.05, 0) is 22.9 Å². The van der Waals surface area contributed by atoms with Gasteiger partial charge in [0, 0.05) is 12.6 Å². The quantitative estimate of drug-likeness (QED) is 0.771. The van der Waals surface area contributed by atoms with E-state index >= 15 is 0 Å². The Hall–Kier alpha value is -0.840. The second-order valence-corrected chi connectivity index (χ2v) is 2.94. The maximum atomic E-state index is 10.6. The Morgan fingerprint density at radius 3 is 2.45 bits per heavy atom. The zero-order valence-corrected chi connectivity index (χ0v) is 7.71. The zero-order valence-electron chi connectivity index (χ0n) is 6.13. The summed E-state index contributed by atoms with van der Waals surface area (Å²) in [4.78, 5) is 10.6. The van der Waals surface area contributed by atoms with E-state index in [0.29, 0.717) is 10.2 Å². The number of aromatic carboxylic acids is 1. The standard InChI is InChI=1S/C6H7BrN2O2/c1-3-4(6(10)11)9(2)8-5(3)7/h1-2H3,(H,10,11). The molecule has 0 unspecified atom stereocenters. The topological polar surface area (TPSA) is 55.1 Å². The normalized spacial score (nSPS) is 10.1. The highest BCUT2D eigenvalue weighted by molar-refractivity contribution is 9.10. The van der Waals surface area contributed by atoms with Crippen LogP contribution in [-0.4, -0.2) is 20.9 Å². The first-order valence-corrected chi connectivity index (χ1v) is 3.75. The Morgan fingerprint density at radius 1 is 1.73 bits per heavy atom. The van der Waals surface area contributed by atoms with Crippen LogP contribution in [0.15, 0.2) is 4.60 Å². The summed E-state index contributed by atoms with van der Waals surface area (Å²) in [7, 11) is 1.60. The van der Waals surface area contributed by atoms with E-state index in [1.807, 2.05) is 0 Å². The molecular weight excluding hydrogens is 212 g/mol. The summed E-state index contributed by atoms with van der Waals surface area (Å²) < 4.78 is 1.92. The van der Waals surface area contributed by atoms with Crippen LogP contribution in [0.2, 0.25) is 0 Å². The molecule has 0 bridgehead atoms. The fourth-order valence-electron chi connectivity index (χ4n) is 0.896. The van der Waals surface area contributed by atoms with Gasteiger partial charge in [-0.1, -0.05) is 0 Å². The lowest BCUT2D eigenvalue weighted by Gasteiger charge is -1.93. The second kappa shape index (κ2) is 2.65. The van der Waals surface area contributed by atoms with Crippen LogP contribution < -0.4 is 0 Å². The molecule has 1 N–H and O–H groups in total. The Bertz CT molecular complexity index is 306. The highest BCUT2D eigenvalue weighted by Crippen LogP contribution is 2.17. The first-order chi connectivity index (χ1) is 5.04. The number of carbonyl (C=O) groups is 1. The number of carboxylic acids is 1. The Kier molecular flexibility index (Phi) is 1.99. The molecule has 0 spiro atoms. The van der Waals surface area contributed by atoms with Crippen LogP contribution in [0.1, 0.15) is 16.1 Å². The molecule has 0 saturated heterocycles. The molecule has 0 aliphatic heterocycles. The van der Waals surface area contributed by atoms with Gasteiger partial charge >= 0.3 is 5.97 Å². The van der Waals surface area contributed by atoms with Crippen molar-refractivity contribution in [2.75, 3.05) is 0 Å². The molecule has 4 nitrogen and oxygen atoms in total. The van der Waals surface area contributed by atoms with E-state index in [9.17, 15) is 4.79 Å². The molecular formula is C6H7BrN2O2. The fraction of sp³-hybridized carbons (Fsp3) is 0.333. The highest BCUT2D eigenvalue weighted by atomic mass is 79.9. The molecule has 1 rings (SSSR count). The first kappa shape index (κ1) is 8.26. The van der Waals surface area contributed by atoms with Crippen molar-refractivity contribution in [1.29, 1.82) is 0 Å². The number of aromatic nitrogens is 2. The molecule has 5 heteroatoms. The predicted octanol–water partition coefficient (Wildman–Crippen LogP) is 1.19. The lowest BCUT2D eigenvalue weighted by molar-refractivity contribution is 0.0684. The molecule has 1 aromatic heterocycles. The largest absolute Gasteiger partial charge is 0.477 e. The van der Waals surface area contributed by atoms with Crippen LogP contribution in [-0.2, 0) is 7.05 Å². The molecule has 1 heterocycles. The smallest absolute Gasteiger partial charge is 0.354 e. The third kappa shape index (κ3) is 1.28. The Labute approximate surface area is 72.0 Å². The van der Waals surface area contributed by atoms with Crippen LogP contribution in [0.4, 0.5) is 0 Å². The van der Waals surface area contributed by atoms with Gasteiger partial charge in [0.05, 0.1) is 0 Å². The summed E-state index contributed by atoms with van der Waals surface area (Å²) in [6, 6.07) is 0. The number of rotatable bonds is 1. The van der Waals surface area contributed by atoms with E-state index in [0.717, 1.165) is 0 Å². The van der Waals surface area contributed by atoms with Crippen molar-refractivity contribution in [2.24, 2.45) is 7.05 Å². The van der Waals surface area contributed by atoms with Crippen molar-refractivity contribution < 1.29 is 9.90 Å². The summed E-state index contributed by atoms with van der Waals surface area (Å²) in [6.45, 7) is 1.71. The van der Waals surface area contributed by atoms with Crippen LogP contribution in [0.25, 0.3) is 0 Å². The number of hydrogen-bond acceptors (Lipinski definition) is 2. The molecule has 0 saturated carbocycles. The van der Waals surface area contributed by atoms with Gasteiger partial charge in [-0.3, -0.25) is 4.68 Å². The molecule has 11 heavy (non-hydrogen) atoms. The predicted molar refractivity (Wildman–Crippen MR) is 42.6 cm³/mol. The van der Waals surface area contributed by atoms with E-state index in [1.54, 1.807) is 14.0 Å². The Morgan fingerprint density at radius 2 is 2.27 bits per heavy atom. The van der Waals surface area contributed by atoms with Crippen molar-refractivity contribution >= 4 is 21.9 Å². The molecule has 0 aromatic carbocycles. The molecule has 1 aromatic rings. The highest BCUT2D eigenvalue weighted by Gasteiger charge is 2.15. The van der Waals surface area contributed by atoms with Gasteiger partial charge < -0.3 is 5.11 Å². The molecule has 60 valence electrons. The van der Waals surface area contributed by atoms with Crippen LogP contribution in [0, 0.1) is 6.92 Å². The third-order valence-electron chi connectivity index (χ3n) is 1.43. The van der Waals surface area contributed by atoms with E-state index < -0.39 is 5.97 Å². The van der Waals surface area contributed by atoms with Crippen molar-refractivity contribution in [3.05, 3.63) is 15.9 Å². The summed E-state index contributed by atoms with van der Waals surface area (Å²) in [6.07, 6.45) is 0. The van der Waals surface area contributed by atoms with Gasteiger partial charge in [0.1, 0.15) is 10.3 Å². The minimum atomic E-state index is -0.955. The molecule has 0 atom stereocenters. The number of halogens is 1. The molecule has 0 amide bonds. The number of aryl methyl sites for hydroxylation is 1. The maximum Gasteiger partial charge on any atom is 0.354 e. The minimum absolute atomic E-state index is 0.219. The summed E-state index contributed by atoms with van der Waals surface area (Å²) in [5.41, 5.74) is 0.872. The van der Waals surface area contributed by atoms with Crippen LogP contribution in [0.3, 0.4) is 0 Å². The summed E-state index contributed by atoms with van der Waals surface area (Å²) >= 11 is 3.14. The molecule has 0 aliphatic rings. The van der Waals surface area contributed by atoms with Gasteiger partial charge in [0.2, 0.25) is 0 Å². The Balaban J connectivity index is 3.34. The van der Waals surface area contributed by atoms with Crippen molar-refractivity contribution in [1.82, 2.24) is 9.78 Å². The summed E-state index contributed by atoms with van der Waals surface area (Å²) in [5.74, 6) is -0.955. The summed E-state index contributed by atoms with van der Waals surface area (Å²) in [5, 5.41) is 12.6. The average Bonchev–Trinajstić information content (AvgIpc) is 2.07. The van der Waals surface area contributed by atoms with Gasteiger partial charge in [-0.15, -0.1) is 0 Å². The number of nitrogens with zero attached hydrogens (tertiary/aromatic N) is 2. The van der Waals surface area contributed by atoms with Gasteiger partial charge in [0.25, 0.3) is 0 Å². The maximum absolute atomic E-state index is 10.6. The van der Waals surface area contributed by atoms with E-state index in [-0.39, 0.29) is 5.69 Å². The van der Waals surface area contributed by atoms with Gasteiger partial charge in [-0.2, -0.15) is 5.10 Å².